The van der Waals surface area contributed by atoms with Crippen molar-refractivity contribution >= 4 is 5.95 Å². The van der Waals surface area contributed by atoms with Gasteiger partial charge in [-0.3, -0.25) is 4.90 Å². The molecule has 1 fully saturated rings. The van der Waals surface area contributed by atoms with Crippen LogP contribution >= 0.6 is 0 Å². The Labute approximate surface area is 128 Å². The molecule has 2 heterocycles. The first-order valence-electron chi connectivity index (χ1n) is 8.12. The first kappa shape index (κ1) is 16.2. The van der Waals surface area contributed by atoms with Crippen LogP contribution in [-0.2, 0) is 0 Å². The van der Waals surface area contributed by atoms with E-state index in [0.717, 1.165) is 38.7 Å². The fourth-order valence-corrected chi connectivity index (χ4v) is 3.19. The molecule has 0 spiro atoms. The molecule has 0 aromatic carbocycles. The maximum atomic E-state index is 4.35. The van der Waals surface area contributed by atoms with Gasteiger partial charge in [-0.1, -0.05) is 13.8 Å². The number of hydrogen-bond donors (Lipinski definition) is 1. The van der Waals surface area contributed by atoms with Gasteiger partial charge in [-0.15, -0.1) is 0 Å². The molecule has 118 valence electrons. The molecule has 1 aliphatic heterocycles. The largest absolute Gasteiger partial charge is 0.338 e. The SMILES string of the molecule is CCC(CC)(CNC)CN1CCN(c2ncccn2)CC1. The van der Waals surface area contributed by atoms with E-state index in [2.05, 4.69) is 46.0 Å². The van der Waals surface area contributed by atoms with Gasteiger partial charge in [-0.25, -0.2) is 9.97 Å². The number of rotatable bonds is 7. The van der Waals surface area contributed by atoms with Crippen LogP contribution in [0.2, 0.25) is 0 Å². The van der Waals surface area contributed by atoms with Crippen LogP contribution in [0.1, 0.15) is 26.7 Å². The van der Waals surface area contributed by atoms with Gasteiger partial charge in [0.05, 0.1) is 0 Å². The summed E-state index contributed by atoms with van der Waals surface area (Å²) >= 11 is 0. The summed E-state index contributed by atoms with van der Waals surface area (Å²) in [5.74, 6) is 0.865. The maximum Gasteiger partial charge on any atom is 0.225 e. The van der Waals surface area contributed by atoms with Crippen LogP contribution < -0.4 is 10.2 Å². The Morgan fingerprint density at radius 3 is 2.24 bits per heavy atom. The third-order valence-electron chi connectivity index (χ3n) is 4.82. The van der Waals surface area contributed by atoms with Crippen molar-refractivity contribution in [2.45, 2.75) is 26.7 Å². The lowest BCUT2D eigenvalue weighted by Gasteiger charge is -2.41. The highest BCUT2D eigenvalue weighted by molar-refractivity contribution is 5.29. The third-order valence-corrected chi connectivity index (χ3v) is 4.82. The fourth-order valence-electron chi connectivity index (χ4n) is 3.19. The monoisotopic (exact) mass is 291 g/mol. The predicted octanol–water partition coefficient (Wildman–Crippen LogP) is 1.62. The Hall–Kier alpha value is -1.20. The minimum atomic E-state index is 0.403. The van der Waals surface area contributed by atoms with Crippen LogP contribution in [0, 0.1) is 5.41 Å². The van der Waals surface area contributed by atoms with Crippen molar-refractivity contribution in [3.63, 3.8) is 0 Å². The van der Waals surface area contributed by atoms with Crippen molar-refractivity contribution in [1.29, 1.82) is 0 Å². The number of piperazine rings is 1. The maximum absolute atomic E-state index is 4.35. The molecule has 1 aromatic rings. The zero-order chi connectivity index (χ0) is 15.1. The minimum absolute atomic E-state index is 0.403. The predicted molar refractivity (Wildman–Crippen MR) is 87.6 cm³/mol. The standard InChI is InChI=1S/C16H29N5/c1-4-16(5-2,13-17-3)14-20-9-11-21(12-10-20)15-18-7-6-8-19-15/h6-8,17H,4-5,9-14H2,1-3H3. The van der Waals surface area contributed by atoms with E-state index in [1.807, 2.05) is 18.5 Å². The third kappa shape index (κ3) is 4.14. The molecule has 5 heteroatoms. The average molecular weight is 291 g/mol. The van der Waals surface area contributed by atoms with E-state index in [-0.39, 0.29) is 0 Å². The van der Waals surface area contributed by atoms with Gasteiger partial charge >= 0.3 is 0 Å². The quantitative estimate of drug-likeness (QED) is 0.827. The Kier molecular flexibility index (Phi) is 5.94. The van der Waals surface area contributed by atoms with Crippen LogP contribution in [-0.4, -0.2) is 61.2 Å². The molecular formula is C16H29N5. The molecule has 1 aromatic heterocycles. The van der Waals surface area contributed by atoms with Crippen molar-refractivity contribution in [3.05, 3.63) is 18.5 Å². The summed E-state index contributed by atoms with van der Waals surface area (Å²) in [5.41, 5.74) is 0.403. The summed E-state index contributed by atoms with van der Waals surface area (Å²) in [6, 6.07) is 1.87. The second-order valence-electron chi connectivity index (χ2n) is 6.05. The Morgan fingerprint density at radius 2 is 1.71 bits per heavy atom. The van der Waals surface area contributed by atoms with Crippen molar-refractivity contribution in [2.75, 3.05) is 51.2 Å². The number of aromatic nitrogens is 2. The summed E-state index contributed by atoms with van der Waals surface area (Å²) in [6.45, 7) is 11.2. The first-order chi connectivity index (χ1) is 10.2. The molecule has 0 bridgehead atoms. The molecule has 1 N–H and O–H groups in total. The molecule has 0 saturated carbocycles. The second-order valence-corrected chi connectivity index (χ2v) is 6.05. The Balaban J connectivity index is 1.89. The van der Waals surface area contributed by atoms with Crippen molar-refractivity contribution in [2.24, 2.45) is 5.41 Å². The van der Waals surface area contributed by atoms with Crippen molar-refractivity contribution in [1.82, 2.24) is 20.2 Å². The van der Waals surface area contributed by atoms with E-state index in [4.69, 9.17) is 0 Å². The highest BCUT2D eigenvalue weighted by Gasteiger charge is 2.30. The highest BCUT2D eigenvalue weighted by atomic mass is 15.3. The molecule has 0 radical (unpaired) electrons. The van der Waals surface area contributed by atoms with Crippen LogP contribution in [0.5, 0.6) is 0 Å². The zero-order valence-corrected chi connectivity index (χ0v) is 13.7. The number of nitrogens with one attached hydrogen (secondary N) is 1. The smallest absolute Gasteiger partial charge is 0.225 e. The molecule has 21 heavy (non-hydrogen) atoms. The number of anilines is 1. The summed E-state index contributed by atoms with van der Waals surface area (Å²) < 4.78 is 0. The Bertz CT molecular complexity index is 396. The van der Waals surface area contributed by atoms with E-state index in [1.54, 1.807) is 0 Å². The minimum Gasteiger partial charge on any atom is -0.338 e. The van der Waals surface area contributed by atoms with E-state index in [1.165, 1.54) is 19.4 Å². The molecule has 2 rings (SSSR count). The van der Waals surface area contributed by atoms with E-state index < -0.39 is 0 Å². The van der Waals surface area contributed by atoms with Gasteiger partial charge in [0.25, 0.3) is 0 Å². The fraction of sp³-hybridized carbons (Fsp3) is 0.750. The van der Waals surface area contributed by atoms with Gasteiger partial charge in [0.1, 0.15) is 0 Å². The lowest BCUT2D eigenvalue weighted by atomic mass is 9.81. The highest BCUT2D eigenvalue weighted by Crippen LogP contribution is 2.27. The van der Waals surface area contributed by atoms with E-state index in [9.17, 15) is 0 Å². The van der Waals surface area contributed by atoms with Crippen molar-refractivity contribution < 1.29 is 0 Å². The van der Waals surface area contributed by atoms with Crippen LogP contribution in [0.15, 0.2) is 18.5 Å². The summed E-state index contributed by atoms with van der Waals surface area (Å²) in [7, 11) is 2.06. The van der Waals surface area contributed by atoms with Gasteiger partial charge in [0, 0.05) is 51.7 Å². The molecule has 1 aliphatic rings. The van der Waals surface area contributed by atoms with Gasteiger partial charge in [-0.2, -0.15) is 0 Å². The lowest BCUT2D eigenvalue weighted by molar-refractivity contribution is 0.130. The molecule has 0 unspecified atom stereocenters. The Morgan fingerprint density at radius 1 is 1.10 bits per heavy atom. The summed E-state index contributed by atoms with van der Waals surface area (Å²) in [4.78, 5) is 13.6. The lowest BCUT2D eigenvalue weighted by Crippen LogP contribution is -2.51. The van der Waals surface area contributed by atoms with Crippen LogP contribution in [0.4, 0.5) is 5.95 Å². The van der Waals surface area contributed by atoms with Crippen LogP contribution in [0.25, 0.3) is 0 Å². The first-order valence-corrected chi connectivity index (χ1v) is 8.12. The van der Waals surface area contributed by atoms with Gasteiger partial charge in [0.2, 0.25) is 5.95 Å². The molecule has 0 amide bonds. The number of hydrogen-bond acceptors (Lipinski definition) is 5. The molecule has 0 atom stereocenters. The summed E-state index contributed by atoms with van der Waals surface area (Å²) in [6.07, 6.45) is 6.10. The van der Waals surface area contributed by atoms with E-state index >= 15 is 0 Å². The zero-order valence-electron chi connectivity index (χ0n) is 13.7. The van der Waals surface area contributed by atoms with E-state index in [0.29, 0.717) is 5.41 Å². The molecular weight excluding hydrogens is 262 g/mol. The molecule has 1 saturated heterocycles. The second kappa shape index (κ2) is 7.71. The molecule has 0 aliphatic carbocycles. The van der Waals surface area contributed by atoms with Crippen LogP contribution in [0.3, 0.4) is 0 Å². The average Bonchev–Trinajstić information content (AvgIpc) is 2.56. The number of nitrogens with zero attached hydrogens (tertiary/aromatic N) is 4. The normalized spacial score (nSPS) is 17.2. The van der Waals surface area contributed by atoms with Crippen molar-refractivity contribution in [3.8, 4) is 0 Å². The van der Waals surface area contributed by atoms with Gasteiger partial charge < -0.3 is 10.2 Å². The van der Waals surface area contributed by atoms with Gasteiger partial charge in [-0.05, 0) is 31.4 Å². The molecule has 5 nitrogen and oxygen atoms in total. The van der Waals surface area contributed by atoms with Gasteiger partial charge in [0.15, 0.2) is 0 Å². The topological polar surface area (TPSA) is 44.3 Å². The summed E-state index contributed by atoms with van der Waals surface area (Å²) in [5, 5.41) is 3.38.